The molecule has 5 aliphatic rings. The Morgan fingerprint density at radius 3 is 2.62 bits per heavy atom. The third-order valence-corrected chi connectivity index (χ3v) is 7.69. The van der Waals surface area contributed by atoms with Gasteiger partial charge in [0.25, 0.3) is 0 Å². The van der Waals surface area contributed by atoms with Gasteiger partial charge in [-0.3, -0.25) is 4.79 Å². The van der Waals surface area contributed by atoms with E-state index in [-0.39, 0.29) is 37.2 Å². The van der Waals surface area contributed by atoms with Crippen LogP contribution in [0.5, 0.6) is 0 Å². The highest BCUT2D eigenvalue weighted by atomic mass is 16.7. The Labute approximate surface area is 174 Å². The van der Waals surface area contributed by atoms with E-state index in [4.69, 9.17) is 14.0 Å². The number of nitrogens with zero attached hydrogens (tertiary/aromatic N) is 1. The second kappa shape index (κ2) is 6.87. The molecule has 2 heterocycles. The summed E-state index contributed by atoms with van der Waals surface area (Å²) in [5.41, 5.74) is -0.559. The second-order valence-corrected chi connectivity index (χ2v) is 11.0. The molecule has 1 N–H and O–H groups in total. The van der Waals surface area contributed by atoms with Crippen LogP contribution in [0, 0.1) is 17.3 Å². The average Bonchev–Trinajstić information content (AvgIpc) is 3.20. The van der Waals surface area contributed by atoms with Crippen LogP contribution in [0.3, 0.4) is 0 Å². The van der Waals surface area contributed by atoms with Gasteiger partial charge >= 0.3 is 13.2 Å². The molecular weight excluding hydrogens is 371 g/mol. The van der Waals surface area contributed by atoms with E-state index in [2.05, 4.69) is 26.1 Å². The van der Waals surface area contributed by atoms with E-state index in [9.17, 15) is 9.59 Å². The zero-order chi connectivity index (χ0) is 21.2. The Morgan fingerprint density at radius 1 is 1.24 bits per heavy atom. The fourth-order valence-electron chi connectivity index (χ4n) is 6.01. The number of nitrogens with one attached hydrogen (secondary N) is 1. The highest BCUT2D eigenvalue weighted by Gasteiger charge is 2.69. The van der Waals surface area contributed by atoms with Crippen LogP contribution in [0.2, 0.25) is 0 Å². The van der Waals surface area contributed by atoms with Crippen molar-refractivity contribution >= 4 is 19.1 Å². The summed E-state index contributed by atoms with van der Waals surface area (Å²) in [6.07, 6.45) is 3.58. The predicted octanol–water partition coefficient (Wildman–Crippen LogP) is 2.77. The summed E-state index contributed by atoms with van der Waals surface area (Å²) in [4.78, 5) is 26.5. The molecule has 5 fully saturated rings. The second-order valence-electron chi connectivity index (χ2n) is 11.0. The summed E-state index contributed by atoms with van der Waals surface area (Å²) in [5.74, 6) is 0.997. The molecule has 2 amide bonds. The van der Waals surface area contributed by atoms with Crippen molar-refractivity contribution in [3.63, 3.8) is 0 Å². The monoisotopic (exact) mass is 406 g/mol. The zero-order valence-corrected chi connectivity index (χ0v) is 18.6. The first-order chi connectivity index (χ1) is 13.4. The third-order valence-electron chi connectivity index (χ3n) is 7.69. The van der Waals surface area contributed by atoms with Gasteiger partial charge in [-0.15, -0.1) is 0 Å². The summed E-state index contributed by atoms with van der Waals surface area (Å²) in [7, 11) is -0.381. The van der Waals surface area contributed by atoms with Crippen molar-refractivity contribution in [3.05, 3.63) is 0 Å². The van der Waals surface area contributed by atoms with E-state index < -0.39 is 11.7 Å². The minimum atomic E-state index is -0.588. The molecule has 0 aromatic rings. The van der Waals surface area contributed by atoms with Gasteiger partial charge in [0, 0.05) is 6.54 Å². The molecule has 3 saturated carbocycles. The number of carbonyl (C=O) groups is 2. The van der Waals surface area contributed by atoms with Crippen molar-refractivity contribution in [1.82, 2.24) is 10.2 Å². The maximum absolute atomic E-state index is 12.8. The first-order valence-electron chi connectivity index (χ1n) is 11.0. The van der Waals surface area contributed by atoms with Gasteiger partial charge in [-0.25, -0.2) is 4.79 Å². The largest absolute Gasteiger partial charge is 0.481 e. The Balaban J connectivity index is 1.37. The first-order valence-corrected chi connectivity index (χ1v) is 11.0. The van der Waals surface area contributed by atoms with Crippen LogP contribution < -0.4 is 5.32 Å². The van der Waals surface area contributed by atoms with Crippen LogP contribution in [-0.4, -0.2) is 60.4 Å². The van der Waals surface area contributed by atoms with Crippen LogP contribution in [0.4, 0.5) is 4.79 Å². The molecule has 0 unspecified atom stereocenters. The number of hydrogen-bond acceptors (Lipinski definition) is 5. The number of amides is 2. The van der Waals surface area contributed by atoms with Crippen LogP contribution in [0.1, 0.15) is 67.2 Å². The SMILES string of the molecule is CC(C)(C)OC(=O)NCC(=O)N1CCC[C@H]1B1O[C@@H]2C[C@@H]3C[C@@H](C3(C)C)[C@]2(C)O1. The fraction of sp³-hybridized carbons (Fsp3) is 0.905. The molecule has 162 valence electrons. The summed E-state index contributed by atoms with van der Waals surface area (Å²) < 4.78 is 18.2. The zero-order valence-electron chi connectivity index (χ0n) is 18.6. The number of likely N-dealkylation sites (tertiary alicyclic amines) is 1. The van der Waals surface area contributed by atoms with E-state index in [1.807, 2.05) is 4.90 Å². The summed E-state index contributed by atoms with van der Waals surface area (Å²) in [6, 6.07) is 0. The molecule has 2 aliphatic heterocycles. The average molecular weight is 406 g/mol. The molecule has 2 bridgehead atoms. The van der Waals surface area contributed by atoms with Crippen molar-refractivity contribution in [2.24, 2.45) is 17.3 Å². The lowest BCUT2D eigenvalue weighted by molar-refractivity contribution is -0.199. The lowest BCUT2D eigenvalue weighted by atomic mass is 9.43. The minimum absolute atomic E-state index is 0.0729. The Kier molecular flexibility index (Phi) is 4.97. The molecule has 0 radical (unpaired) electrons. The molecule has 0 aromatic heterocycles. The van der Waals surface area contributed by atoms with E-state index in [1.54, 1.807) is 20.8 Å². The first kappa shape index (κ1) is 21.0. The number of hydrogen-bond donors (Lipinski definition) is 1. The van der Waals surface area contributed by atoms with E-state index >= 15 is 0 Å². The Bertz CT molecular complexity index is 693. The maximum atomic E-state index is 12.8. The van der Waals surface area contributed by atoms with Crippen LogP contribution in [0.15, 0.2) is 0 Å². The van der Waals surface area contributed by atoms with E-state index in [0.717, 1.165) is 19.3 Å². The molecule has 5 atom stereocenters. The number of rotatable bonds is 3. The molecule has 7 nitrogen and oxygen atoms in total. The predicted molar refractivity (Wildman–Crippen MR) is 109 cm³/mol. The normalized spacial score (nSPS) is 37.7. The van der Waals surface area contributed by atoms with Gasteiger partial charge in [0.2, 0.25) is 5.91 Å². The van der Waals surface area contributed by atoms with Crippen molar-refractivity contribution in [1.29, 1.82) is 0 Å². The van der Waals surface area contributed by atoms with Crippen molar-refractivity contribution < 1.29 is 23.6 Å². The third kappa shape index (κ3) is 3.56. The quantitative estimate of drug-likeness (QED) is 0.730. The molecule has 3 aliphatic carbocycles. The molecule has 8 heteroatoms. The Hall–Kier alpha value is -1.28. The Morgan fingerprint density at radius 2 is 1.97 bits per heavy atom. The van der Waals surface area contributed by atoms with E-state index in [1.165, 1.54) is 6.42 Å². The number of ether oxygens (including phenoxy) is 1. The van der Waals surface area contributed by atoms with Gasteiger partial charge in [-0.05, 0) is 70.6 Å². The van der Waals surface area contributed by atoms with Gasteiger partial charge in [-0.2, -0.15) is 0 Å². The van der Waals surface area contributed by atoms with Gasteiger partial charge in [0.15, 0.2) is 0 Å². The number of carbonyl (C=O) groups excluding carboxylic acids is 2. The van der Waals surface area contributed by atoms with Crippen LogP contribution >= 0.6 is 0 Å². The van der Waals surface area contributed by atoms with Gasteiger partial charge in [-0.1, -0.05) is 13.8 Å². The van der Waals surface area contributed by atoms with Gasteiger partial charge in [0.05, 0.1) is 17.6 Å². The molecule has 0 aromatic carbocycles. The summed E-state index contributed by atoms with van der Waals surface area (Å²) in [6.45, 7) is 12.9. The van der Waals surface area contributed by atoms with Crippen molar-refractivity contribution in [3.8, 4) is 0 Å². The fourth-order valence-corrected chi connectivity index (χ4v) is 6.01. The van der Waals surface area contributed by atoms with Crippen LogP contribution in [-0.2, 0) is 18.8 Å². The smallest absolute Gasteiger partial charge is 0.444 e. The molecule has 2 saturated heterocycles. The topological polar surface area (TPSA) is 77.1 Å². The summed E-state index contributed by atoms with van der Waals surface area (Å²) >= 11 is 0. The minimum Gasteiger partial charge on any atom is -0.444 e. The van der Waals surface area contributed by atoms with Gasteiger partial charge in [0.1, 0.15) is 12.1 Å². The van der Waals surface area contributed by atoms with Gasteiger partial charge < -0.3 is 24.3 Å². The summed E-state index contributed by atoms with van der Waals surface area (Å²) in [5, 5.41) is 2.57. The standard InChI is InChI=1S/C21H35BN2O5/c1-19(2,3)27-18(26)23-12-17(25)24-9-7-8-16(24)22-28-15-11-13-10-14(20(13,4)5)21(15,6)29-22/h13-16H,7-12H2,1-6H3,(H,23,26)/t13-,14-,15+,16-,21-/m0/s1. The van der Waals surface area contributed by atoms with Crippen molar-refractivity contribution in [2.75, 3.05) is 13.1 Å². The van der Waals surface area contributed by atoms with Crippen LogP contribution in [0.25, 0.3) is 0 Å². The van der Waals surface area contributed by atoms with E-state index in [0.29, 0.717) is 23.8 Å². The highest BCUT2D eigenvalue weighted by molar-refractivity contribution is 6.48. The number of alkyl carbamates (subject to hydrolysis) is 1. The maximum Gasteiger partial charge on any atom is 0.481 e. The van der Waals surface area contributed by atoms with Crippen molar-refractivity contribution in [2.45, 2.75) is 90.5 Å². The molecule has 29 heavy (non-hydrogen) atoms. The molecular formula is C21H35BN2O5. The lowest BCUT2D eigenvalue weighted by Crippen LogP contribution is -2.65. The lowest BCUT2D eigenvalue weighted by Gasteiger charge is -2.64. The highest BCUT2D eigenvalue weighted by Crippen LogP contribution is 2.65. The molecule has 0 spiro atoms. The molecule has 5 rings (SSSR count).